The first-order chi connectivity index (χ1) is 14.0. The monoisotopic (exact) mass is 422 g/mol. The predicted octanol–water partition coefficient (Wildman–Crippen LogP) is 2.40. The second kappa shape index (κ2) is 10.2. The SMILES string of the molecule is Cc1cc(S(=O)(=O)N2CCOCC2)ccc1OCC(=O)NCCC1=CCCCC1. The summed E-state index contributed by atoms with van der Waals surface area (Å²) < 4.78 is 37.7. The maximum atomic E-state index is 12.7. The molecule has 0 atom stereocenters. The van der Waals surface area contributed by atoms with Crippen molar-refractivity contribution in [3.05, 3.63) is 35.4 Å². The molecule has 0 unspecified atom stereocenters. The highest BCUT2D eigenvalue weighted by Crippen LogP contribution is 2.24. The van der Waals surface area contributed by atoms with E-state index in [0.717, 1.165) is 19.3 Å². The van der Waals surface area contributed by atoms with Gasteiger partial charge >= 0.3 is 0 Å². The molecule has 0 aromatic heterocycles. The van der Waals surface area contributed by atoms with Gasteiger partial charge in [-0.15, -0.1) is 0 Å². The maximum Gasteiger partial charge on any atom is 0.257 e. The summed E-state index contributed by atoms with van der Waals surface area (Å²) in [6, 6.07) is 4.73. The molecule has 0 saturated carbocycles. The summed E-state index contributed by atoms with van der Waals surface area (Å²) in [5.41, 5.74) is 2.10. The molecular formula is C21H30N2O5S. The van der Waals surface area contributed by atoms with E-state index in [-0.39, 0.29) is 17.4 Å². The van der Waals surface area contributed by atoms with Gasteiger partial charge < -0.3 is 14.8 Å². The lowest BCUT2D eigenvalue weighted by Crippen LogP contribution is -2.40. The van der Waals surface area contributed by atoms with Crippen LogP contribution in [0, 0.1) is 6.92 Å². The molecule has 0 bridgehead atoms. The number of ether oxygens (including phenoxy) is 2. The highest BCUT2D eigenvalue weighted by molar-refractivity contribution is 7.89. The van der Waals surface area contributed by atoms with Crippen LogP contribution in [-0.2, 0) is 19.6 Å². The summed E-state index contributed by atoms with van der Waals surface area (Å²) in [5, 5.41) is 2.88. The third-order valence-electron chi connectivity index (χ3n) is 5.27. The van der Waals surface area contributed by atoms with Gasteiger partial charge in [-0.05, 0) is 62.8 Å². The van der Waals surface area contributed by atoms with Crippen LogP contribution in [0.5, 0.6) is 5.75 Å². The number of carbonyl (C=O) groups excluding carboxylic acids is 1. The van der Waals surface area contributed by atoms with E-state index in [1.165, 1.54) is 28.8 Å². The summed E-state index contributed by atoms with van der Waals surface area (Å²) in [6.07, 6.45) is 7.93. The van der Waals surface area contributed by atoms with Gasteiger partial charge in [0.05, 0.1) is 18.1 Å². The quantitative estimate of drug-likeness (QED) is 0.651. The lowest BCUT2D eigenvalue weighted by Gasteiger charge is -2.26. The molecule has 1 aliphatic heterocycles. The Balaban J connectivity index is 1.49. The molecule has 1 aromatic rings. The number of nitrogens with zero attached hydrogens (tertiary/aromatic N) is 1. The fourth-order valence-electron chi connectivity index (χ4n) is 3.57. The van der Waals surface area contributed by atoms with Crippen molar-refractivity contribution >= 4 is 15.9 Å². The molecule has 1 saturated heterocycles. The number of nitrogens with one attached hydrogen (secondary N) is 1. The molecule has 2 aliphatic rings. The van der Waals surface area contributed by atoms with Crippen molar-refractivity contribution in [3.8, 4) is 5.75 Å². The zero-order valence-electron chi connectivity index (χ0n) is 17.0. The second-order valence-corrected chi connectivity index (χ2v) is 9.38. The summed E-state index contributed by atoms with van der Waals surface area (Å²) >= 11 is 0. The lowest BCUT2D eigenvalue weighted by atomic mass is 9.97. The smallest absolute Gasteiger partial charge is 0.257 e. The van der Waals surface area contributed by atoms with Crippen molar-refractivity contribution in [1.29, 1.82) is 0 Å². The zero-order valence-corrected chi connectivity index (χ0v) is 17.8. The lowest BCUT2D eigenvalue weighted by molar-refractivity contribution is -0.123. The number of hydrogen-bond donors (Lipinski definition) is 1. The van der Waals surface area contributed by atoms with E-state index in [1.54, 1.807) is 19.1 Å². The van der Waals surface area contributed by atoms with Gasteiger partial charge in [-0.2, -0.15) is 4.31 Å². The maximum absolute atomic E-state index is 12.7. The Morgan fingerprint density at radius 2 is 2.03 bits per heavy atom. The zero-order chi connectivity index (χ0) is 20.7. The van der Waals surface area contributed by atoms with Gasteiger partial charge in [0, 0.05) is 19.6 Å². The van der Waals surface area contributed by atoms with Crippen molar-refractivity contribution in [1.82, 2.24) is 9.62 Å². The van der Waals surface area contributed by atoms with Crippen LogP contribution in [0.2, 0.25) is 0 Å². The minimum atomic E-state index is -3.54. The number of carbonyl (C=O) groups is 1. The number of allylic oxidation sites excluding steroid dienone is 1. The Morgan fingerprint density at radius 3 is 2.72 bits per heavy atom. The van der Waals surface area contributed by atoms with E-state index < -0.39 is 10.0 Å². The molecule has 1 aromatic carbocycles. The Hall–Kier alpha value is -1.90. The first-order valence-corrected chi connectivity index (χ1v) is 11.7. The molecule has 1 heterocycles. The molecule has 7 nitrogen and oxygen atoms in total. The highest BCUT2D eigenvalue weighted by atomic mass is 32.2. The molecule has 160 valence electrons. The summed E-state index contributed by atoms with van der Waals surface area (Å²) in [5.74, 6) is 0.335. The van der Waals surface area contributed by atoms with Crippen LogP contribution in [0.4, 0.5) is 0 Å². The van der Waals surface area contributed by atoms with Gasteiger partial charge in [-0.25, -0.2) is 8.42 Å². The number of rotatable bonds is 8. The van der Waals surface area contributed by atoms with E-state index in [9.17, 15) is 13.2 Å². The van der Waals surface area contributed by atoms with Crippen molar-refractivity contribution in [2.75, 3.05) is 39.5 Å². The van der Waals surface area contributed by atoms with Crippen LogP contribution in [0.3, 0.4) is 0 Å². The Morgan fingerprint density at radius 1 is 1.24 bits per heavy atom. The second-order valence-electron chi connectivity index (χ2n) is 7.44. The van der Waals surface area contributed by atoms with E-state index in [2.05, 4.69) is 11.4 Å². The molecule has 0 radical (unpaired) electrons. The first-order valence-electron chi connectivity index (χ1n) is 10.2. The predicted molar refractivity (Wildman–Crippen MR) is 110 cm³/mol. The van der Waals surface area contributed by atoms with Crippen LogP contribution < -0.4 is 10.1 Å². The molecule has 1 fully saturated rings. The van der Waals surface area contributed by atoms with Crippen LogP contribution in [0.25, 0.3) is 0 Å². The number of sulfonamides is 1. The highest BCUT2D eigenvalue weighted by Gasteiger charge is 2.26. The van der Waals surface area contributed by atoms with Crippen LogP contribution in [0.15, 0.2) is 34.7 Å². The van der Waals surface area contributed by atoms with Gasteiger partial charge in [0.2, 0.25) is 10.0 Å². The minimum Gasteiger partial charge on any atom is -0.484 e. The normalized spacial score (nSPS) is 18.2. The molecule has 0 spiro atoms. The van der Waals surface area contributed by atoms with Crippen molar-refractivity contribution < 1.29 is 22.7 Å². The number of aryl methyl sites for hydroxylation is 1. The average Bonchev–Trinajstić information content (AvgIpc) is 2.74. The van der Waals surface area contributed by atoms with E-state index >= 15 is 0 Å². The third kappa shape index (κ3) is 6.04. The third-order valence-corrected chi connectivity index (χ3v) is 7.16. The van der Waals surface area contributed by atoms with E-state index in [0.29, 0.717) is 44.2 Å². The van der Waals surface area contributed by atoms with Gasteiger partial charge in [-0.3, -0.25) is 4.79 Å². The van der Waals surface area contributed by atoms with Gasteiger partial charge in [0.15, 0.2) is 6.61 Å². The molecular weight excluding hydrogens is 392 g/mol. The Labute approximate surface area is 173 Å². The summed E-state index contributed by atoms with van der Waals surface area (Å²) in [4.78, 5) is 12.3. The molecule has 1 aliphatic carbocycles. The Kier molecular flexibility index (Phi) is 7.69. The fraction of sp³-hybridized carbons (Fsp3) is 0.571. The molecule has 1 N–H and O–H groups in total. The average molecular weight is 423 g/mol. The molecule has 1 amide bonds. The first kappa shape index (κ1) is 21.8. The van der Waals surface area contributed by atoms with Crippen molar-refractivity contribution in [2.45, 2.75) is 43.9 Å². The summed E-state index contributed by atoms with van der Waals surface area (Å²) in [7, 11) is -3.54. The molecule has 29 heavy (non-hydrogen) atoms. The largest absolute Gasteiger partial charge is 0.484 e. The number of amides is 1. The van der Waals surface area contributed by atoms with E-state index in [4.69, 9.17) is 9.47 Å². The van der Waals surface area contributed by atoms with Crippen LogP contribution in [-0.4, -0.2) is 58.1 Å². The van der Waals surface area contributed by atoms with E-state index in [1.807, 2.05) is 0 Å². The number of morpholine rings is 1. The van der Waals surface area contributed by atoms with Gasteiger partial charge in [0.1, 0.15) is 5.75 Å². The van der Waals surface area contributed by atoms with Crippen molar-refractivity contribution in [2.24, 2.45) is 0 Å². The Bertz CT molecular complexity index is 845. The van der Waals surface area contributed by atoms with Crippen molar-refractivity contribution in [3.63, 3.8) is 0 Å². The minimum absolute atomic E-state index is 0.0878. The fourth-order valence-corrected chi connectivity index (χ4v) is 5.06. The standard InChI is InChI=1S/C21H30N2O5S/c1-17-15-19(29(25,26)23-11-13-27-14-12-23)7-8-20(17)28-16-21(24)22-10-9-18-5-3-2-4-6-18/h5,7-8,15H,2-4,6,9-14,16H2,1H3,(H,22,24). The van der Waals surface area contributed by atoms with Gasteiger partial charge in [0.25, 0.3) is 5.91 Å². The van der Waals surface area contributed by atoms with Crippen LogP contribution >= 0.6 is 0 Å². The molecule has 8 heteroatoms. The van der Waals surface area contributed by atoms with Crippen LogP contribution in [0.1, 0.15) is 37.7 Å². The number of hydrogen-bond acceptors (Lipinski definition) is 5. The summed E-state index contributed by atoms with van der Waals surface area (Å²) in [6.45, 7) is 3.84. The van der Waals surface area contributed by atoms with Gasteiger partial charge in [-0.1, -0.05) is 11.6 Å². The topological polar surface area (TPSA) is 84.9 Å². The molecule has 3 rings (SSSR count). The number of benzene rings is 1.